The van der Waals surface area contributed by atoms with Crippen LogP contribution in [-0.4, -0.2) is 64.5 Å². The Labute approximate surface area is 363 Å². The Balaban J connectivity index is 1.27. The summed E-state index contributed by atoms with van der Waals surface area (Å²) in [6, 6.07) is 6.30. The molecule has 7 aromatic rings. The summed E-state index contributed by atoms with van der Waals surface area (Å²) in [6.45, 7) is -1.09. The van der Waals surface area contributed by atoms with Crippen molar-refractivity contribution in [3.8, 4) is 17.1 Å². The van der Waals surface area contributed by atoms with E-state index < -0.39 is 111 Å². The van der Waals surface area contributed by atoms with E-state index in [1.165, 1.54) is 38.4 Å². The minimum atomic E-state index is -4.85. The maximum absolute atomic E-state index is 15.5. The van der Waals surface area contributed by atoms with E-state index in [4.69, 9.17) is 11.6 Å². The van der Waals surface area contributed by atoms with E-state index in [0.717, 1.165) is 32.3 Å². The van der Waals surface area contributed by atoms with Crippen LogP contribution >= 0.6 is 11.6 Å². The van der Waals surface area contributed by atoms with E-state index in [9.17, 15) is 48.7 Å². The van der Waals surface area contributed by atoms with Crippen LogP contribution in [0.1, 0.15) is 58.8 Å². The second kappa shape index (κ2) is 15.0. The second-order valence-corrected chi connectivity index (χ2v) is 17.8. The first-order chi connectivity index (χ1) is 30.4. The predicted octanol–water partition coefficient (Wildman–Crippen LogP) is 6.83. The highest BCUT2D eigenvalue weighted by Crippen LogP contribution is 2.68. The van der Waals surface area contributed by atoms with E-state index in [-0.39, 0.29) is 61.8 Å². The van der Waals surface area contributed by atoms with E-state index >= 15 is 8.78 Å². The number of amides is 1. The van der Waals surface area contributed by atoms with Gasteiger partial charge in [0.15, 0.2) is 17.2 Å². The number of halogens is 10. The number of sulfonamides is 1. The van der Waals surface area contributed by atoms with Gasteiger partial charge in [-0.2, -0.15) is 37.2 Å². The molecule has 2 aliphatic rings. The Morgan fingerprint density at radius 1 is 0.985 bits per heavy atom. The monoisotopic (exact) mass is 953 g/mol. The molecule has 0 spiro atoms. The maximum Gasteiger partial charge on any atom is 0.435 e. The molecule has 5 aromatic heterocycles. The maximum atomic E-state index is 15.5. The number of carbonyl (C=O) groups excluding carboxylic acids is 1. The highest BCUT2D eigenvalue weighted by Gasteiger charge is 2.67. The van der Waals surface area contributed by atoms with E-state index in [2.05, 4.69) is 35.3 Å². The number of nitrogens with zero attached hydrogens (tertiary/aromatic N) is 9. The molecule has 5 heterocycles. The number of benzene rings is 2. The van der Waals surface area contributed by atoms with Crippen LogP contribution in [0.4, 0.5) is 45.3 Å². The number of alkyl halides is 7. The fourth-order valence-electron chi connectivity index (χ4n) is 8.45. The predicted molar refractivity (Wildman–Crippen MR) is 213 cm³/mol. The molecule has 0 radical (unpaired) electrons. The SMILES string of the molecule is Cn1nc(C(F)(F)F)cc1-c1ccc2c(=O)n(-c3ccc(Cl)c4c(NS(C)(=O)=O)nn(C)c34)c([C@H](Cc3cc(F)cc(F)c3)NC(=O)Cn3nc(C(F)F)c4c3C(F)(F)[C@@H]3C[C@H]43)nc2n1. The molecule has 0 saturated heterocycles. The summed E-state index contributed by atoms with van der Waals surface area (Å²) in [5, 5.41) is 13.6. The zero-order valence-electron chi connectivity index (χ0n) is 33.4. The average molecular weight is 954 g/mol. The van der Waals surface area contributed by atoms with Crippen LogP contribution in [0.5, 0.6) is 0 Å². The summed E-state index contributed by atoms with van der Waals surface area (Å²) in [6.07, 6.45) is -7.95. The number of pyridine rings is 1. The molecule has 0 bridgehead atoms. The number of carbonyl (C=O) groups is 1. The van der Waals surface area contributed by atoms with Crippen LogP contribution in [0.25, 0.3) is 39.0 Å². The van der Waals surface area contributed by atoms with Gasteiger partial charge in [-0.3, -0.25) is 32.9 Å². The van der Waals surface area contributed by atoms with Gasteiger partial charge < -0.3 is 5.32 Å². The molecule has 2 N–H and O–H groups in total. The molecule has 1 amide bonds. The molecule has 26 heteroatoms. The molecule has 65 heavy (non-hydrogen) atoms. The summed E-state index contributed by atoms with van der Waals surface area (Å²) in [4.78, 5) is 38.1. The molecule has 0 aliphatic heterocycles. The van der Waals surface area contributed by atoms with Crippen molar-refractivity contribution in [3.05, 3.63) is 110 Å². The van der Waals surface area contributed by atoms with Crippen molar-refractivity contribution >= 4 is 55.3 Å². The molecule has 1 fully saturated rings. The normalized spacial score (nSPS) is 17.2. The standard InChI is InChI=1S/C39H29ClF9N11O4S/c1-57-25(13-26(53-57)39(47,48)49)22-6-4-18-34(51-22)52-36(60(37(18)62)24-7-5-21(40)29-31(24)58(2)55-35(29)56-65(3,63)64)23(10-15-8-16(41)11-17(42)9-15)50-27(61)14-59-32-28(30(54-59)33(43)44)19-12-20(19)38(32,45)46/h4-9,11,13,19-20,23,33H,10,12,14H2,1-3H3,(H,50,61)(H,55,56)/t19-,20+,23-/m0/s1. The highest BCUT2D eigenvalue weighted by molar-refractivity contribution is 7.92. The lowest BCUT2D eigenvalue weighted by atomic mass is 10.0. The number of aryl methyl sites for hydroxylation is 2. The van der Waals surface area contributed by atoms with Crippen molar-refractivity contribution in [1.82, 2.24) is 49.2 Å². The largest absolute Gasteiger partial charge is 0.435 e. The van der Waals surface area contributed by atoms with Crippen molar-refractivity contribution in [3.63, 3.8) is 0 Å². The first-order valence-electron chi connectivity index (χ1n) is 19.1. The Kier molecular flexibility index (Phi) is 10.1. The quantitative estimate of drug-likeness (QED) is 0.132. The topological polar surface area (TPSA) is 177 Å². The van der Waals surface area contributed by atoms with Gasteiger partial charge in [-0.1, -0.05) is 11.6 Å². The van der Waals surface area contributed by atoms with Gasteiger partial charge in [0.1, 0.15) is 35.4 Å². The molecule has 2 aromatic carbocycles. The van der Waals surface area contributed by atoms with Crippen molar-refractivity contribution in [2.45, 2.75) is 49.9 Å². The fourth-order valence-corrected chi connectivity index (χ4v) is 9.19. The number of anilines is 1. The van der Waals surface area contributed by atoms with Gasteiger partial charge in [0.2, 0.25) is 15.9 Å². The van der Waals surface area contributed by atoms with Crippen LogP contribution in [-0.2, 0) is 54.0 Å². The number of hydrogen-bond donors (Lipinski definition) is 2. The van der Waals surface area contributed by atoms with Crippen LogP contribution in [0, 0.1) is 17.6 Å². The van der Waals surface area contributed by atoms with E-state index in [1.807, 2.05) is 0 Å². The van der Waals surface area contributed by atoms with Crippen molar-refractivity contribution < 1.29 is 52.7 Å². The molecule has 2 aliphatic carbocycles. The lowest BCUT2D eigenvalue weighted by Crippen LogP contribution is -2.38. The third-order valence-corrected chi connectivity index (χ3v) is 12.0. The van der Waals surface area contributed by atoms with Crippen LogP contribution in [0.2, 0.25) is 5.02 Å². The molecule has 9 rings (SSSR count). The lowest BCUT2D eigenvalue weighted by molar-refractivity contribution is -0.141. The minimum absolute atomic E-state index is 0.0124. The smallest absolute Gasteiger partial charge is 0.344 e. The number of nitrogens with one attached hydrogen (secondary N) is 2. The minimum Gasteiger partial charge on any atom is -0.344 e. The molecule has 3 atom stereocenters. The summed E-state index contributed by atoms with van der Waals surface area (Å²) in [7, 11) is -1.41. The average Bonchev–Trinajstić information content (AvgIpc) is 3.46. The zero-order chi connectivity index (χ0) is 46.8. The first-order valence-corrected chi connectivity index (χ1v) is 21.4. The Bertz CT molecular complexity index is 3310. The Morgan fingerprint density at radius 2 is 1.69 bits per heavy atom. The third kappa shape index (κ3) is 7.62. The Hall–Kier alpha value is -6.50. The highest BCUT2D eigenvalue weighted by atomic mass is 35.5. The van der Waals surface area contributed by atoms with E-state index in [0.29, 0.717) is 16.8 Å². The second-order valence-electron chi connectivity index (χ2n) is 15.6. The molecular formula is C39H29ClF9N11O4S. The van der Waals surface area contributed by atoms with Gasteiger partial charge in [0.05, 0.1) is 50.7 Å². The number of hydrogen-bond acceptors (Lipinski definition) is 9. The van der Waals surface area contributed by atoms with Gasteiger partial charge in [-0.05, 0) is 60.4 Å². The third-order valence-electron chi connectivity index (χ3n) is 11.1. The zero-order valence-corrected chi connectivity index (χ0v) is 35.0. The van der Waals surface area contributed by atoms with Gasteiger partial charge in [0.25, 0.3) is 17.9 Å². The number of aromatic nitrogens is 9. The van der Waals surface area contributed by atoms with E-state index in [1.54, 1.807) is 0 Å². The van der Waals surface area contributed by atoms with Crippen molar-refractivity contribution in [2.24, 2.45) is 20.0 Å². The van der Waals surface area contributed by atoms with Crippen LogP contribution in [0.3, 0.4) is 0 Å². The van der Waals surface area contributed by atoms with Gasteiger partial charge in [0, 0.05) is 38.1 Å². The van der Waals surface area contributed by atoms with Gasteiger partial charge in [-0.15, -0.1) is 0 Å². The van der Waals surface area contributed by atoms with Gasteiger partial charge in [-0.25, -0.2) is 35.9 Å². The van der Waals surface area contributed by atoms with Crippen LogP contribution in [0.15, 0.2) is 53.3 Å². The van der Waals surface area contributed by atoms with Crippen LogP contribution < -0.4 is 15.6 Å². The lowest BCUT2D eigenvalue weighted by Gasteiger charge is -2.24. The molecular weight excluding hydrogens is 925 g/mol. The Morgan fingerprint density at radius 3 is 2.34 bits per heavy atom. The number of fused-ring (bicyclic) bond motifs is 5. The summed E-state index contributed by atoms with van der Waals surface area (Å²) in [5.74, 6) is -9.85. The van der Waals surface area contributed by atoms with Crippen molar-refractivity contribution in [1.29, 1.82) is 0 Å². The summed E-state index contributed by atoms with van der Waals surface area (Å²) >= 11 is 6.58. The summed E-state index contributed by atoms with van der Waals surface area (Å²) in [5.41, 5.74) is -5.44. The first kappa shape index (κ1) is 43.7. The molecule has 340 valence electrons. The molecule has 1 saturated carbocycles. The summed E-state index contributed by atoms with van der Waals surface area (Å²) < 4.78 is 160. The van der Waals surface area contributed by atoms with Crippen molar-refractivity contribution in [2.75, 3.05) is 11.0 Å². The molecule has 15 nitrogen and oxygen atoms in total. The molecule has 0 unspecified atom stereocenters. The van der Waals surface area contributed by atoms with Gasteiger partial charge >= 0.3 is 6.18 Å². The fraction of sp³-hybridized carbons (Fsp3) is 0.308. The number of rotatable bonds is 11.